The SMILES string of the molecule is Cc1cnc(NCC2CCN(C(=O)C3CC3c3ccccc3)CC2)nc1C. The minimum absolute atomic E-state index is 0.200. The first-order valence-electron chi connectivity index (χ1n) is 9.99. The second-order valence-electron chi connectivity index (χ2n) is 7.97. The van der Waals surface area contributed by atoms with E-state index in [1.54, 1.807) is 0 Å². The molecule has 0 spiro atoms. The fourth-order valence-electron chi connectivity index (χ4n) is 3.98. The molecule has 2 aliphatic rings. The van der Waals surface area contributed by atoms with E-state index in [4.69, 9.17) is 0 Å². The van der Waals surface area contributed by atoms with Crippen molar-refractivity contribution >= 4 is 11.9 Å². The highest BCUT2D eigenvalue weighted by atomic mass is 16.2. The van der Waals surface area contributed by atoms with E-state index < -0.39 is 0 Å². The molecule has 0 bridgehead atoms. The van der Waals surface area contributed by atoms with Gasteiger partial charge < -0.3 is 10.2 Å². The number of piperidine rings is 1. The number of rotatable bonds is 5. The van der Waals surface area contributed by atoms with E-state index in [1.165, 1.54) is 5.56 Å². The van der Waals surface area contributed by atoms with Gasteiger partial charge in [0.1, 0.15) is 0 Å². The van der Waals surface area contributed by atoms with Crippen LogP contribution in [0.15, 0.2) is 36.5 Å². The topological polar surface area (TPSA) is 58.1 Å². The molecule has 1 saturated carbocycles. The molecule has 1 aromatic carbocycles. The monoisotopic (exact) mass is 364 g/mol. The molecule has 2 unspecified atom stereocenters. The number of hydrogen-bond donors (Lipinski definition) is 1. The third kappa shape index (κ3) is 4.12. The normalized spacial score (nSPS) is 22.5. The summed E-state index contributed by atoms with van der Waals surface area (Å²) in [5.74, 6) is 2.27. The van der Waals surface area contributed by atoms with Crippen molar-refractivity contribution in [1.82, 2.24) is 14.9 Å². The highest BCUT2D eigenvalue weighted by Crippen LogP contribution is 2.48. The molecule has 4 rings (SSSR count). The van der Waals surface area contributed by atoms with Crippen LogP contribution in [0.25, 0.3) is 0 Å². The van der Waals surface area contributed by atoms with Gasteiger partial charge in [-0.05, 0) is 56.1 Å². The average molecular weight is 364 g/mol. The van der Waals surface area contributed by atoms with Gasteiger partial charge in [0.15, 0.2) is 0 Å². The lowest BCUT2D eigenvalue weighted by Crippen LogP contribution is -2.40. The molecule has 2 heterocycles. The van der Waals surface area contributed by atoms with Crippen molar-refractivity contribution in [2.75, 3.05) is 25.0 Å². The number of nitrogens with zero attached hydrogens (tertiary/aromatic N) is 3. The van der Waals surface area contributed by atoms with Crippen molar-refractivity contribution in [2.45, 2.75) is 39.0 Å². The van der Waals surface area contributed by atoms with Crippen LogP contribution in [0.4, 0.5) is 5.95 Å². The summed E-state index contributed by atoms with van der Waals surface area (Å²) in [7, 11) is 0. The Morgan fingerprint density at radius 2 is 1.93 bits per heavy atom. The van der Waals surface area contributed by atoms with Crippen molar-refractivity contribution in [3.8, 4) is 0 Å². The van der Waals surface area contributed by atoms with Crippen LogP contribution in [0.3, 0.4) is 0 Å². The highest BCUT2D eigenvalue weighted by Gasteiger charge is 2.46. The lowest BCUT2D eigenvalue weighted by molar-refractivity contribution is -0.134. The number of carbonyl (C=O) groups excluding carboxylic acids is 1. The molecule has 1 aromatic heterocycles. The second-order valence-corrected chi connectivity index (χ2v) is 7.97. The van der Waals surface area contributed by atoms with E-state index in [0.29, 0.717) is 23.7 Å². The van der Waals surface area contributed by atoms with Crippen LogP contribution >= 0.6 is 0 Å². The van der Waals surface area contributed by atoms with Crippen molar-refractivity contribution in [1.29, 1.82) is 0 Å². The van der Waals surface area contributed by atoms with Crippen LogP contribution in [-0.2, 0) is 4.79 Å². The summed E-state index contributed by atoms with van der Waals surface area (Å²) in [6.45, 7) is 6.65. The standard InChI is InChI=1S/C22H28N4O/c1-15-13-23-22(25-16(15)2)24-14-17-8-10-26(11-9-17)21(27)20-12-19(20)18-6-4-3-5-7-18/h3-7,13,17,19-20H,8-12,14H2,1-2H3,(H,23,24,25). The molecule has 2 atom stereocenters. The van der Waals surface area contributed by atoms with Crippen LogP contribution in [-0.4, -0.2) is 40.4 Å². The van der Waals surface area contributed by atoms with Crippen LogP contribution in [0.5, 0.6) is 0 Å². The summed E-state index contributed by atoms with van der Waals surface area (Å²) < 4.78 is 0. The van der Waals surface area contributed by atoms with E-state index >= 15 is 0 Å². The number of benzene rings is 1. The molecule has 2 fully saturated rings. The maximum atomic E-state index is 12.8. The van der Waals surface area contributed by atoms with E-state index in [-0.39, 0.29) is 5.92 Å². The number of anilines is 1. The molecule has 1 saturated heterocycles. The molecule has 142 valence electrons. The number of amides is 1. The predicted octanol–water partition coefficient (Wildman–Crippen LogP) is 3.55. The minimum atomic E-state index is 0.200. The molecule has 5 heteroatoms. The lowest BCUT2D eigenvalue weighted by Gasteiger charge is -2.32. The lowest BCUT2D eigenvalue weighted by atomic mass is 9.96. The number of carbonyl (C=O) groups is 1. The Labute approximate surface area is 161 Å². The van der Waals surface area contributed by atoms with Crippen LogP contribution < -0.4 is 5.32 Å². The fraction of sp³-hybridized carbons (Fsp3) is 0.500. The van der Waals surface area contributed by atoms with Gasteiger partial charge in [-0.2, -0.15) is 0 Å². The van der Waals surface area contributed by atoms with Gasteiger partial charge in [0, 0.05) is 37.4 Å². The van der Waals surface area contributed by atoms with E-state index in [9.17, 15) is 4.79 Å². The molecule has 1 amide bonds. The highest BCUT2D eigenvalue weighted by molar-refractivity contribution is 5.83. The molecular formula is C22H28N4O. The van der Waals surface area contributed by atoms with Gasteiger partial charge in [-0.3, -0.25) is 4.79 Å². The Balaban J connectivity index is 1.23. The van der Waals surface area contributed by atoms with Gasteiger partial charge in [0.2, 0.25) is 11.9 Å². The Kier molecular flexibility index (Phi) is 5.10. The van der Waals surface area contributed by atoms with Crippen LogP contribution in [0, 0.1) is 25.7 Å². The van der Waals surface area contributed by atoms with Crippen molar-refractivity contribution in [3.05, 3.63) is 53.3 Å². The Hall–Kier alpha value is -2.43. The summed E-state index contributed by atoms with van der Waals surface area (Å²) >= 11 is 0. The number of hydrogen-bond acceptors (Lipinski definition) is 4. The van der Waals surface area contributed by atoms with Gasteiger partial charge in [0.25, 0.3) is 0 Å². The maximum Gasteiger partial charge on any atom is 0.226 e. The maximum absolute atomic E-state index is 12.8. The first kappa shape index (κ1) is 18.0. The summed E-state index contributed by atoms with van der Waals surface area (Å²) in [5.41, 5.74) is 3.44. The summed E-state index contributed by atoms with van der Waals surface area (Å²) in [5, 5.41) is 3.36. The first-order chi connectivity index (χ1) is 13.1. The zero-order chi connectivity index (χ0) is 18.8. The summed E-state index contributed by atoms with van der Waals surface area (Å²) in [6.07, 6.45) is 4.97. The van der Waals surface area contributed by atoms with Gasteiger partial charge in [0.05, 0.1) is 0 Å². The third-order valence-electron chi connectivity index (χ3n) is 6.04. The van der Waals surface area contributed by atoms with Gasteiger partial charge in [-0.1, -0.05) is 30.3 Å². The fourth-order valence-corrected chi connectivity index (χ4v) is 3.98. The van der Waals surface area contributed by atoms with Crippen molar-refractivity contribution in [3.63, 3.8) is 0 Å². The number of likely N-dealkylation sites (tertiary alicyclic amines) is 1. The average Bonchev–Trinajstić information content (AvgIpc) is 3.50. The number of aryl methyl sites for hydroxylation is 2. The summed E-state index contributed by atoms with van der Waals surface area (Å²) in [4.78, 5) is 23.7. The largest absolute Gasteiger partial charge is 0.354 e. The zero-order valence-electron chi connectivity index (χ0n) is 16.2. The first-order valence-corrected chi connectivity index (χ1v) is 9.99. The molecule has 27 heavy (non-hydrogen) atoms. The van der Waals surface area contributed by atoms with Gasteiger partial charge in [-0.25, -0.2) is 9.97 Å². The van der Waals surface area contributed by atoms with E-state index in [2.05, 4.69) is 44.5 Å². The summed E-state index contributed by atoms with van der Waals surface area (Å²) in [6, 6.07) is 10.4. The van der Waals surface area contributed by atoms with Crippen molar-refractivity contribution in [2.24, 2.45) is 11.8 Å². The van der Waals surface area contributed by atoms with Gasteiger partial charge >= 0.3 is 0 Å². The Bertz CT molecular complexity index is 799. The smallest absolute Gasteiger partial charge is 0.226 e. The molecule has 0 radical (unpaired) electrons. The number of nitrogens with one attached hydrogen (secondary N) is 1. The van der Waals surface area contributed by atoms with Crippen molar-refractivity contribution < 1.29 is 4.79 Å². The molecular weight excluding hydrogens is 336 g/mol. The Morgan fingerprint density at radius 3 is 2.63 bits per heavy atom. The Morgan fingerprint density at radius 1 is 1.19 bits per heavy atom. The molecule has 1 N–H and O–H groups in total. The minimum Gasteiger partial charge on any atom is -0.354 e. The molecule has 1 aliphatic carbocycles. The predicted molar refractivity (Wildman–Crippen MR) is 107 cm³/mol. The zero-order valence-corrected chi connectivity index (χ0v) is 16.2. The van der Waals surface area contributed by atoms with E-state index in [0.717, 1.165) is 50.2 Å². The second kappa shape index (κ2) is 7.67. The quantitative estimate of drug-likeness (QED) is 0.881. The molecule has 2 aromatic rings. The van der Waals surface area contributed by atoms with E-state index in [1.807, 2.05) is 26.1 Å². The molecule has 1 aliphatic heterocycles. The van der Waals surface area contributed by atoms with Crippen LogP contribution in [0.1, 0.15) is 42.0 Å². The van der Waals surface area contributed by atoms with Gasteiger partial charge in [-0.15, -0.1) is 0 Å². The molecule has 5 nitrogen and oxygen atoms in total. The van der Waals surface area contributed by atoms with Crippen LogP contribution in [0.2, 0.25) is 0 Å². The number of aromatic nitrogens is 2. The third-order valence-corrected chi connectivity index (χ3v) is 6.04.